The van der Waals surface area contributed by atoms with Crippen LogP contribution >= 0.6 is 11.6 Å². The minimum absolute atomic E-state index is 0.636. The first kappa shape index (κ1) is 21.1. The van der Waals surface area contributed by atoms with Crippen molar-refractivity contribution in [1.29, 1.82) is 0 Å². The molecule has 0 saturated carbocycles. The molecule has 1 aromatic heterocycles. The predicted molar refractivity (Wildman–Crippen MR) is 119 cm³/mol. The van der Waals surface area contributed by atoms with E-state index in [9.17, 15) is 0 Å². The lowest BCUT2D eigenvalue weighted by atomic mass is 10.1. The molecule has 2 aromatic carbocycles. The molecule has 0 aliphatic rings. The van der Waals surface area contributed by atoms with Crippen molar-refractivity contribution < 1.29 is 9.47 Å². The smallest absolute Gasteiger partial charge is 0.162 e. The molecule has 1 heterocycles. The second-order valence-electron chi connectivity index (χ2n) is 7.06. The molecule has 0 unspecified atom stereocenters. The van der Waals surface area contributed by atoms with E-state index >= 15 is 0 Å². The summed E-state index contributed by atoms with van der Waals surface area (Å²) in [5.74, 6) is 2.71. The first-order valence-electron chi connectivity index (χ1n) is 9.60. The maximum Gasteiger partial charge on any atom is 0.162 e. The maximum atomic E-state index is 6.03. The van der Waals surface area contributed by atoms with Crippen LogP contribution in [-0.2, 0) is 0 Å². The molecule has 3 rings (SSSR count). The van der Waals surface area contributed by atoms with Gasteiger partial charge in [-0.05, 0) is 63.8 Å². The van der Waals surface area contributed by atoms with Crippen molar-refractivity contribution in [3.8, 4) is 22.9 Å². The number of aromatic nitrogens is 2. The van der Waals surface area contributed by atoms with Gasteiger partial charge in [0.1, 0.15) is 5.82 Å². The molecular formula is C22H27ClN4O2. The lowest BCUT2D eigenvalue weighted by Gasteiger charge is -2.14. The van der Waals surface area contributed by atoms with E-state index in [0.717, 1.165) is 48.2 Å². The summed E-state index contributed by atoms with van der Waals surface area (Å²) in [6.07, 6.45) is 2.16. The molecule has 0 fully saturated rings. The van der Waals surface area contributed by atoms with Crippen LogP contribution in [0.2, 0.25) is 5.02 Å². The summed E-state index contributed by atoms with van der Waals surface area (Å²) in [6.45, 7) is 1.89. The normalized spacial score (nSPS) is 11.1. The van der Waals surface area contributed by atoms with Crippen LogP contribution < -0.4 is 14.8 Å². The molecule has 3 aromatic rings. The van der Waals surface area contributed by atoms with Crippen LogP contribution in [0.5, 0.6) is 11.5 Å². The van der Waals surface area contributed by atoms with Crippen molar-refractivity contribution in [1.82, 2.24) is 14.9 Å². The standard InChI is InChI=1S/C22H27ClN4O2/c1-27(2)12-6-5-11-24-22-17-13-19(28-3)20(29-4)14-18(17)25-21(26-22)15-7-9-16(23)10-8-15/h7-10,13-14H,5-6,11-12H2,1-4H3,(H,24,25,26). The van der Waals surface area contributed by atoms with E-state index in [1.807, 2.05) is 36.4 Å². The molecule has 7 heteroatoms. The Morgan fingerprint density at radius 1 is 0.966 bits per heavy atom. The molecule has 29 heavy (non-hydrogen) atoms. The zero-order chi connectivity index (χ0) is 20.8. The van der Waals surface area contributed by atoms with Gasteiger partial charge in [-0.1, -0.05) is 11.6 Å². The first-order valence-corrected chi connectivity index (χ1v) is 9.98. The van der Waals surface area contributed by atoms with Crippen LogP contribution in [0, 0.1) is 0 Å². The van der Waals surface area contributed by atoms with Gasteiger partial charge in [-0.25, -0.2) is 9.97 Å². The second-order valence-corrected chi connectivity index (χ2v) is 7.50. The SMILES string of the molecule is COc1cc2nc(-c3ccc(Cl)cc3)nc(NCCCCN(C)C)c2cc1OC. The number of anilines is 1. The van der Waals surface area contributed by atoms with E-state index in [1.165, 1.54) is 0 Å². The summed E-state index contributed by atoms with van der Waals surface area (Å²) < 4.78 is 10.9. The van der Waals surface area contributed by atoms with Gasteiger partial charge in [0.15, 0.2) is 17.3 Å². The number of methoxy groups -OCH3 is 2. The van der Waals surface area contributed by atoms with Crippen LogP contribution in [0.3, 0.4) is 0 Å². The monoisotopic (exact) mass is 414 g/mol. The minimum Gasteiger partial charge on any atom is -0.493 e. The van der Waals surface area contributed by atoms with Crippen LogP contribution in [0.15, 0.2) is 36.4 Å². The number of hydrogen-bond acceptors (Lipinski definition) is 6. The van der Waals surface area contributed by atoms with Crippen LogP contribution in [0.4, 0.5) is 5.82 Å². The average molecular weight is 415 g/mol. The number of fused-ring (bicyclic) bond motifs is 1. The lowest BCUT2D eigenvalue weighted by molar-refractivity contribution is 0.356. The van der Waals surface area contributed by atoms with E-state index in [1.54, 1.807) is 14.2 Å². The molecule has 1 N–H and O–H groups in total. The number of nitrogens with one attached hydrogen (secondary N) is 1. The van der Waals surface area contributed by atoms with Crippen molar-refractivity contribution in [2.45, 2.75) is 12.8 Å². The Bertz CT molecular complexity index is 961. The molecule has 0 aliphatic heterocycles. The Hall–Kier alpha value is -2.57. The van der Waals surface area contributed by atoms with E-state index in [2.05, 4.69) is 24.3 Å². The van der Waals surface area contributed by atoms with Crippen molar-refractivity contribution >= 4 is 28.3 Å². The van der Waals surface area contributed by atoms with Crippen molar-refractivity contribution in [2.75, 3.05) is 46.7 Å². The number of unbranched alkanes of at least 4 members (excludes halogenated alkanes) is 1. The fourth-order valence-corrected chi connectivity index (χ4v) is 3.20. The van der Waals surface area contributed by atoms with Gasteiger partial charge in [0, 0.05) is 28.6 Å². The molecule has 0 amide bonds. The van der Waals surface area contributed by atoms with Gasteiger partial charge in [-0.3, -0.25) is 0 Å². The van der Waals surface area contributed by atoms with Gasteiger partial charge >= 0.3 is 0 Å². The van der Waals surface area contributed by atoms with Crippen LogP contribution in [-0.4, -0.2) is 56.3 Å². The van der Waals surface area contributed by atoms with Gasteiger partial charge in [0.25, 0.3) is 0 Å². The Kier molecular flexibility index (Phi) is 7.12. The predicted octanol–water partition coefficient (Wildman–Crippen LogP) is 4.72. The second kappa shape index (κ2) is 9.76. The summed E-state index contributed by atoms with van der Waals surface area (Å²) >= 11 is 6.03. The molecule has 0 saturated heterocycles. The highest BCUT2D eigenvalue weighted by Gasteiger charge is 2.14. The van der Waals surface area contributed by atoms with Crippen molar-refractivity contribution in [3.63, 3.8) is 0 Å². The third-order valence-corrected chi connectivity index (χ3v) is 4.88. The van der Waals surface area contributed by atoms with Crippen molar-refractivity contribution in [2.24, 2.45) is 0 Å². The maximum absolute atomic E-state index is 6.03. The Balaban J connectivity index is 1.98. The molecule has 0 aliphatic carbocycles. The van der Waals surface area contributed by atoms with E-state index in [-0.39, 0.29) is 0 Å². The Morgan fingerprint density at radius 2 is 1.66 bits per heavy atom. The number of hydrogen-bond donors (Lipinski definition) is 1. The van der Waals surface area contributed by atoms with E-state index in [0.29, 0.717) is 22.3 Å². The molecule has 0 atom stereocenters. The van der Waals surface area contributed by atoms with Crippen LogP contribution in [0.1, 0.15) is 12.8 Å². The van der Waals surface area contributed by atoms with E-state index < -0.39 is 0 Å². The largest absolute Gasteiger partial charge is 0.493 e. The van der Waals surface area contributed by atoms with Gasteiger partial charge in [0.2, 0.25) is 0 Å². The fraction of sp³-hybridized carbons (Fsp3) is 0.364. The molecular weight excluding hydrogens is 388 g/mol. The highest BCUT2D eigenvalue weighted by Crippen LogP contribution is 2.35. The number of nitrogens with zero attached hydrogens (tertiary/aromatic N) is 3. The summed E-state index contributed by atoms with van der Waals surface area (Å²) in [5.41, 5.74) is 1.69. The molecule has 154 valence electrons. The third kappa shape index (κ3) is 5.28. The molecule has 0 spiro atoms. The highest BCUT2D eigenvalue weighted by molar-refractivity contribution is 6.30. The Morgan fingerprint density at radius 3 is 2.31 bits per heavy atom. The van der Waals surface area contributed by atoms with E-state index in [4.69, 9.17) is 31.0 Å². The average Bonchev–Trinajstić information content (AvgIpc) is 2.72. The number of ether oxygens (including phenoxy) is 2. The number of halogens is 1. The highest BCUT2D eigenvalue weighted by atomic mass is 35.5. The first-order chi connectivity index (χ1) is 14.0. The zero-order valence-corrected chi connectivity index (χ0v) is 18.1. The van der Waals surface area contributed by atoms with Gasteiger partial charge in [0.05, 0.1) is 19.7 Å². The van der Waals surface area contributed by atoms with Gasteiger partial charge in [-0.2, -0.15) is 0 Å². The quantitative estimate of drug-likeness (QED) is 0.511. The van der Waals surface area contributed by atoms with Crippen LogP contribution in [0.25, 0.3) is 22.3 Å². The molecule has 0 radical (unpaired) electrons. The number of benzene rings is 2. The topological polar surface area (TPSA) is 59.5 Å². The summed E-state index contributed by atoms with van der Waals surface area (Å²) in [4.78, 5) is 11.7. The van der Waals surface area contributed by atoms with Crippen molar-refractivity contribution in [3.05, 3.63) is 41.4 Å². The van der Waals surface area contributed by atoms with Gasteiger partial charge < -0.3 is 19.7 Å². The molecule has 0 bridgehead atoms. The number of rotatable bonds is 9. The third-order valence-electron chi connectivity index (χ3n) is 4.63. The fourth-order valence-electron chi connectivity index (χ4n) is 3.08. The summed E-state index contributed by atoms with van der Waals surface area (Å²) in [6, 6.07) is 11.3. The molecule has 6 nitrogen and oxygen atoms in total. The summed E-state index contributed by atoms with van der Waals surface area (Å²) in [7, 11) is 7.42. The summed E-state index contributed by atoms with van der Waals surface area (Å²) in [5, 5.41) is 5.06. The zero-order valence-electron chi connectivity index (χ0n) is 17.3. The minimum atomic E-state index is 0.636. The van der Waals surface area contributed by atoms with Gasteiger partial charge in [-0.15, -0.1) is 0 Å². The lowest BCUT2D eigenvalue weighted by Crippen LogP contribution is -2.14. The Labute approximate surface area is 176 Å².